The number of halogens is 4. The first-order valence-corrected chi connectivity index (χ1v) is 7.90. The number of benzene rings is 1. The molecule has 2 unspecified atom stereocenters. The highest BCUT2D eigenvalue weighted by atomic mass is 19.3. The first-order valence-electron chi connectivity index (χ1n) is 7.90. The fourth-order valence-corrected chi connectivity index (χ4v) is 2.95. The van der Waals surface area contributed by atoms with Crippen LogP contribution in [-0.2, 0) is 23.2 Å². The topological polar surface area (TPSA) is 41.1 Å². The number of amides is 1. The van der Waals surface area contributed by atoms with Gasteiger partial charge in [0, 0.05) is 31.0 Å². The van der Waals surface area contributed by atoms with Crippen LogP contribution in [0.5, 0.6) is 0 Å². The second kappa shape index (κ2) is 6.70. The Balaban J connectivity index is 2.48. The van der Waals surface area contributed by atoms with E-state index in [0.717, 1.165) is 12.1 Å². The van der Waals surface area contributed by atoms with Crippen molar-refractivity contribution in [2.45, 2.75) is 51.1 Å². The molecule has 0 saturated carbocycles. The molecule has 0 aliphatic carbocycles. The van der Waals surface area contributed by atoms with Gasteiger partial charge in [-0.05, 0) is 43.1 Å². The molecule has 0 fully saturated rings. The third kappa shape index (κ3) is 4.06. The van der Waals surface area contributed by atoms with Crippen molar-refractivity contribution in [3.8, 4) is 0 Å². The lowest BCUT2D eigenvalue weighted by Gasteiger charge is -2.24. The minimum absolute atomic E-state index is 0.0727. The number of hydrogen-bond donors (Lipinski definition) is 2. The molecule has 3 nitrogen and oxygen atoms in total. The predicted molar refractivity (Wildman–Crippen MR) is 83.0 cm³/mol. The van der Waals surface area contributed by atoms with Crippen molar-refractivity contribution in [2.24, 2.45) is 5.92 Å². The molecule has 7 heteroatoms. The van der Waals surface area contributed by atoms with Gasteiger partial charge in [-0.15, -0.1) is 0 Å². The standard InChI is InChI=1S/C17H22F4N2O/c1-10-4-5-17(20,21)13-7-11(6-12(8-13)16(2,18)19)9-23-15(24)14(10)22-3/h6-8,10,14,22H,4-5,9H2,1-3H3,(H,23,24). The van der Waals surface area contributed by atoms with Crippen LogP contribution in [0.1, 0.15) is 43.4 Å². The van der Waals surface area contributed by atoms with Crippen molar-refractivity contribution in [3.05, 3.63) is 34.9 Å². The number of likely N-dealkylation sites (N-methyl/N-ethyl adjacent to an activating group) is 1. The minimum Gasteiger partial charge on any atom is -0.351 e. The van der Waals surface area contributed by atoms with Crippen LogP contribution in [-0.4, -0.2) is 19.0 Å². The van der Waals surface area contributed by atoms with Gasteiger partial charge in [-0.2, -0.15) is 0 Å². The highest BCUT2D eigenvalue weighted by molar-refractivity contribution is 5.82. The first kappa shape index (κ1) is 18.7. The molecule has 1 aromatic carbocycles. The number of alkyl halides is 4. The second-order valence-corrected chi connectivity index (χ2v) is 6.51. The van der Waals surface area contributed by atoms with Gasteiger partial charge in [0.1, 0.15) is 0 Å². The van der Waals surface area contributed by atoms with Crippen LogP contribution in [0.4, 0.5) is 17.6 Å². The summed E-state index contributed by atoms with van der Waals surface area (Å²) in [5.41, 5.74) is -0.663. The van der Waals surface area contributed by atoms with Crippen LogP contribution in [0, 0.1) is 5.92 Å². The van der Waals surface area contributed by atoms with E-state index in [1.165, 1.54) is 6.07 Å². The summed E-state index contributed by atoms with van der Waals surface area (Å²) < 4.78 is 56.3. The summed E-state index contributed by atoms with van der Waals surface area (Å²) in [6.07, 6.45) is -0.411. The maximum Gasteiger partial charge on any atom is 0.273 e. The van der Waals surface area contributed by atoms with Crippen LogP contribution in [0.3, 0.4) is 0 Å². The molecule has 0 radical (unpaired) electrons. The van der Waals surface area contributed by atoms with Gasteiger partial charge in [0.25, 0.3) is 11.8 Å². The monoisotopic (exact) mass is 346 g/mol. The second-order valence-electron chi connectivity index (χ2n) is 6.51. The Morgan fingerprint density at radius 3 is 2.54 bits per heavy atom. The van der Waals surface area contributed by atoms with Gasteiger partial charge in [0.05, 0.1) is 6.04 Å². The zero-order chi connectivity index (χ0) is 18.1. The van der Waals surface area contributed by atoms with E-state index in [-0.39, 0.29) is 30.4 Å². The lowest BCUT2D eigenvalue weighted by atomic mass is 9.91. The molecular formula is C17H22F4N2O. The predicted octanol–water partition coefficient (Wildman–Crippen LogP) is 3.52. The Hall–Kier alpha value is -1.63. The lowest BCUT2D eigenvalue weighted by molar-refractivity contribution is -0.124. The molecule has 2 rings (SSSR count). The van der Waals surface area contributed by atoms with E-state index in [1.807, 2.05) is 0 Å². The zero-order valence-corrected chi connectivity index (χ0v) is 13.9. The molecular weight excluding hydrogens is 324 g/mol. The third-order valence-electron chi connectivity index (χ3n) is 4.46. The van der Waals surface area contributed by atoms with Gasteiger partial charge in [-0.3, -0.25) is 4.79 Å². The van der Waals surface area contributed by atoms with E-state index in [0.29, 0.717) is 6.92 Å². The van der Waals surface area contributed by atoms with Crippen molar-refractivity contribution >= 4 is 5.91 Å². The molecule has 134 valence electrons. The van der Waals surface area contributed by atoms with Crippen molar-refractivity contribution in [2.75, 3.05) is 7.05 Å². The van der Waals surface area contributed by atoms with Crippen molar-refractivity contribution < 1.29 is 22.4 Å². The molecule has 2 N–H and O–H groups in total. The average molecular weight is 346 g/mol. The summed E-state index contributed by atoms with van der Waals surface area (Å²) in [6, 6.07) is 2.61. The Bertz CT molecular complexity index is 613. The van der Waals surface area contributed by atoms with E-state index >= 15 is 0 Å². The van der Waals surface area contributed by atoms with E-state index in [2.05, 4.69) is 10.6 Å². The van der Waals surface area contributed by atoms with E-state index in [9.17, 15) is 22.4 Å². The number of fused-ring (bicyclic) bond motifs is 2. The molecule has 1 heterocycles. The van der Waals surface area contributed by atoms with Gasteiger partial charge < -0.3 is 10.6 Å². The number of nitrogens with one attached hydrogen (secondary N) is 2. The Labute approximate surface area is 138 Å². The maximum absolute atomic E-state index is 14.5. The molecule has 0 spiro atoms. The fraction of sp³-hybridized carbons (Fsp3) is 0.588. The van der Waals surface area contributed by atoms with Crippen LogP contribution in [0.2, 0.25) is 0 Å². The van der Waals surface area contributed by atoms with Crippen LogP contribution in [0.15, 0.2) is 18.2 Å². The zero-order valence-electron chi connectivity index (χ0n) is 13.9. The molecule has 1 aliphatic heterocycles. The summed E-state index contributed by atoms with van der Waals surface area (Å²) in [7, 11) is 1.59. The Kier molecular flexibility index (Phi) is 5.22. The number of rotatable bonds is 2. The highest BCUT2D eigenvalue weighted by Gasteiger charge is 2.36. The Morgan fingerprint density at radius 2 is 1.96 bits per heavy atom. The summed E-state index contributed by atoms with van der Waals surface area (Å²) in [6.45, 7) is 2.32. The van der Waals surface area contributed by atoms with E-state index in [4.69, 9.17) is 0 Å². The molecule has 24 heavy (non-hydrogen) atoms. The molecule has 1 aliphatic rings. The average Bonchev–Trinajstić information content (AvgIpc) is 2.50. The first-order chi connectivity index (χ1) is 11.0. The SMILES string of the molecule is CNC1C(=O)NCc2cc(C(C)(F)F)cc(c2)C(F)(F)CCC1C. The third-order valence-corrected chi connectivity index (χ3v) is 4.46. The normalized spacial score (nSPS) is 24.9. The van der Waals surface area contributed by atoms with Crippen LogP contribution >= 0.6 is 0 Å². The molecule has 1 amide bonds. The van der Waals surface area contributed by atoms with Gasteiger partial charge in [0.2, 0.25) is 5.91 Å². The summed E-state index contributed by atoms with van der Waals surface area (Å²) >= 11 is 0. The van der Waals surface area contributed by atoms with Crippen LogP contribution in [0.25, 0.3) is 0 Å². The molecule has 0 saturated heterocycles. The van der Waals surface area contributed by atoms with Crippen molar-refractivity contribution in [1.29, 1.82) is 0 Å². The summed E-state index contributed by atoms with van der Waals surface area (Å²) in [4.78, 5) is 12.2. The van der Waals surface area contributed by atoms with Gasteiger partial charge in [-0.25, -0.2) is 17.6 Å². The molecule has 0 aromatic heterocycles. The van der Waals surface area contributed by atoms with Gasteiger partial charge >= 0.3 is 0 Å². The van der Waals surface area contributed by atoms with Crippen molar-refractivity contribution in [1.82, 2.24) is 10.6 Å². The van der Waals surface area contributed by atoms with Crippen LogP contribution < -0.4 is 10.6 Å². The number of hydrogen-bond acceptors (Lipinski definition) is 2. The molecule has 2 atom stereocenters. The highest BCUT2D eigenvalue weighted by Crippen LogP contribution is 2.38. The van der Waals surface area contributed by atoms with Gasteiger partial charge in [0.15, 0.2) is 0 Å². The quantitative estimate of drug-likeness (QED) is 0.805. The van der Waals surface area contributed by atoms with Gasteiger partial charge in [-0.1, -0.05) is 6.92 Å². The molecule has 2 bridgehead atoms. The fourth-order valence-electron chi connectivity index (χ4n) is 2.95. The lowest BCUT2D eigenvalue weighted by Crippen LogP contribution is -2.46. The number of carbonyl (C=O) groups is 1. The summed E-state index contributed by atoms with van der Waals surface area (Å²) in [5.74, 6) is -7.10. The van der Waals surface area contributed by atoms with E-state index in [1.54, 1.807) is 14.0 Å². The Morgan fingerprint density at radius 1 is 1.29 bits per heavy atom. The van der Waals surface area contributed by atoms with E-state index < -0.39 is 35.4 Å². The smallest absolute Gasteiger partial charge is 0.273 e. The maximum atomic E-state index is 14.5. The minimum atomic E-state index is -3.23. The molecule has 1 aromatic rings. The summed E-state index contributed by atoms with van der Waals surface area (Å²) in [5, 5.41) is 5.47. The number of carbonyl (C=O) groups excluding carboxylic acids is 1. The van der Waals surface area contributed by atoms with Crippen molar-refractivity contribution in [3.63, 3.8) is 0 Å². The largest absolute Gasteiger partial charge is 0.351 e.